The fourth-order valence-corrected chi connectivity index (χ4v) is 4.62. The summed E-state index contributed by atoms with van der Waals surface area (Å²) in [7, 11) is 4.25. The number of rotatable bonds is 13. The molecule has 0 amide bonds. The Morgan fingerprint density at radius 3 is 1.33 bits per heavy atom. The van der Waals surface area contributed by atoms with Crippen molar-refractivity contribution in [2.24, 2.45) is 0 Å². The molecule has 2 heteroatoms. The van der Waals surface area contributed by atoms with E-state index in [0.717, 1.165) is 10.5 Å². The Kier molecular flexibility index (Phi) is 14.7. The van der Waals surface area contributed by atoms with E-state index in [1.165, 1.54) is 64.2 Å². The van der Waals surface area contributed by atoms with E-state index in [1.54, 1.807) is 0 Å². The lowest BCUT2D eigenvalue weighted by Gasteiger charge is -2.14. The van der Waals surface area contributed by atoms with Crippen LogP contribution in [0.5, 0.6) is 0 Å². The summed E-state index contributed by atoms with van der Waals surface area (Å²) >= 11 is 0. The van der Waals surface area contributed by atoms with Crippen LogP contribution < -0.4 is 0 Å². The van der Waals surface area contributed by atoms with Crippen molar-refractivity contribution in [3.05, 3.63) is 0 Å². The van der Waals surface area contributed by atoms with E-state index in [0.29, 0.717) is 0 Å². The average molecular weight is 291 g/mol. The van der Waals surface area contributed by atoms with Gasteiger partial charge in [-0.2, -0.15) is 0 Å². The minimum Gasteiger partial charge on any atom is -0.0907 e. The zero-order valence-electron chi connectivity index (χ0n) is 13.0. The highest BCUT2D eigenvalue weighted by atomic mass is 33.1. The maximum atomic E-state index is 2.40. The van der Waals surface area contributed by atoms with Gasteiger partial charge in [0.05, 0.1) is 0 Å². The third-order valence-corrected chi connectivity index (χ3v) is 6.86. The van der Waals surface area contributed by atoms with Gasteiger partial charge < -0.3 is 0 Å². The SMILES string of the molecule is CCCCCC[C@@H](C)SS[C@@H](C)CCCCCC. The lowest BCUT2D eigenvalue weighted by molar-refractivity contribution is 0.630. The molecule has 0 rings (SSSR count). The van der Waals surface area contributed by atoms with Crippen LogP contribution in [0.25, 0.3) is 0 Å². The lowest BCUT2D eigenvalue weighted by Crippen LogP contribution is -1.98. The summed E-state index contributed by atoms with van der Waals surface area (Å²) in [6.07, 6.45) is 14.0. The standard InChI is InChI=1S/C16H34S2/c1-5-7-9-11-13-15(3)17-18-16(4)14-12-10-8-6-2/h15-16H,5-14H2,1-4H3/t15-,16+. The molecule has 0 aromatic rings. The van der Waals surface area contributed by atoms with E-state index >= 15 is 0 Å². The van der Waals surface area contributed by atoms with Crippen LogP contribution in [0.4, 0.5) is 0 Å². The van der Waals surface area contributed by atoms with Gasteiger partial charge in [-0.15, -0.1) is 0 Å². The summed E-state index contributed by atoms with van der Waals surface area (Å²) in [4.78, 5) is 0. The van der Waals surface area contributed by atoms with E-state index in [-0.39, 0.29) is 0 Å². The summed E-state index contributed by atoms with van der Waals surface area (Å²) < 4.78 is 0. The topological polar surface area (TPSA) is 0 Å². The van der Waals surface area contributed by atoms with Crippen molar-refractivity contribution in [1.82, 2.24) is 0 Å². The van der Waals surface area contributed by atoms with Gasteiger partial charge in [0.2, 0.25) is 0 Å². The highest BCUT2D eigenvalue weighted by molar-refractivity contribution is 8.77. The van der Waals surface area contributed by atoms with Gasteiger partial charge in [0, 0.05) is 10.5 Å². The van der Waals surface area contributed by atoms with E-state index < -0.39 is 0 Å². The van der Waals surface area contributed by atoms with Crippen LogP contribution in [0.2, 0.25) is 0 Å². The second-order valence-corrected chi connectivity index (χ2v) is 8.66. The molecule has 0 fully saturated rings. The van der Waals surface area contributed by atoms with Crippen molar-refractivity contribution in [3.63, 3.8) is 0 Å². The molecule has 0 aliphatic rings. The first-order valence-electron chi connectivity index (χ1n) is 8.02. The van der Waals surface area contributed by atoms with Crippen LogP contribution >= 0.6 is 21.6 Å². The molecule has 0 aromatic carbocycles. The first-order chi connectivity index (χ1) is 8.70. The molecule has 18 heavy (non-hydrogen) atoms. The fourth-order valence-electron chi connectivity index (χ4n) is 2.00. The average Bonchev–Trinajstić information content (AvgIpc) is 2.37. The number of unbranched alkanes of at least 4 members (excludes halogenated alkanes) is 6. The van der Waals surface area contributed by atoms with Crippen molar-refractivity contribution in [2.75, 3.05) is 0 Å². The summed E-state index contributed by atoms with van der Waals surface area (Å²) in [6.45, 7) is 9.36. The highest BCUT2D eigenvalue weighted by Gasteiger charge is 2.07. The Morgan fingerprint density at radius 1 is 0.611 bits per heavy atom. The zero-order chi connectivity index (χ0) is 13.6. The molecular weight excluding hydrogens is 256 g/mol. The molecule has 0 bridgehead atoms. The van der Waals surface area contributed by atoms with Crippen LogP contribution in [0.3, 0.4) is 0 Å². The monoisotopic (exact) mass is 290 g/mol. The number of hydrogen-bond acceptors (Lipinski definition) is 2. The molecule has 0 N–H and O–H groups in total. The molecule has 0 saturated carbocycles. The minimum atomic E-state index is 0.838. The Balaban J connectivity index is 3.32. The van der Waals surface area contributed by atoms with Crippen molar-refractivity contribution in [3.8, 4) is 0 Å². The van der Waals surface area contributed by atoms with Crippen LogP contribution in [-0.2, 0) is 0 Å². The molecule has 0 aliphatic carbocycles. The van der Waals surface area contributed by atoms with Crippen LogP contribution in [0.1, 0.15) is 91.9 Å². The van der Waals surface area contributed by atoms with E-state index in [1.807, 2.05) is 0 Å². The van der Waals surface area contributed by atoms with Crippen LogP contribution in [0, 0.1) is 0 Å². The quantitative estimate of drug-likeness (QED) is 0.262. The molecule has 0 radical (unpaired) electrons. The molecule has 0 unspecified atom stereocenters. The third-order valence-electron chi connectivity index (χ3n) is 3.31. The first-order valence-corrected chi connectivity index (χ1v) is 10.3. The molecule has 0 heterocycles. The summed E-state index contributed by atoms with van der Waals surface area (Å²) in [5.74, 6) is 0. The smallest absolute Gasteiger partial charge is 0.0123 e. The molecule has 0 nitrogen and oxygen atoms in total. The Morgan fingerprint density at radius 2 is 1.00 bits per heavy atom. The van der Waals surface area contributed by atoms with E-state index in [9.17, 15) is 0 Å². The molecular formula is C16H34S2. The Bertz CT molecular complexity index is 141. The van der Waals surface area contributed by atoms with Gasteiger partial charge >= 0.3 is 0 Å². The summed E-state index contributed by atoms with van der Waals surface area (Å²) in [5.41, 5.74) is 0. The second kappa shape index (κ2) is 14.1. The van der Waals surface area contributed by atoms with Gasteiger partial charge in [-0.25, -0.2) is 0 Å². The first kappa shape index (κ1) is 18.7. The maximum Gasteiger partial charge on any atom is 0.0123 e. The van der Waals surface area contributed by atoms with Gasteiger partial charge in [0.1, 0.15) is 0 Å². The molecule has 110 valence electrons. The largest absolute Gasteiger partial charge is 0.0907 e. The fraction of sp³-hybridized carbons (Fsp3) is 1.00. The second-order valence-electron chi connectivity index (χ2n) is 5.51. The van der Waals surface area contributed by atoms with E-state index in [4.69, 9.17) is 0 Å². The summed E-state index contributed by atoms with van der Waals surface area (Å²) in [6, 6.07) is 0. The maximum absolute atomic E-state index is 2.40. The van der Waals surface area contributed by atoms with Gasteiger partial charge in [-0.3, -0.25) is 0 Å². The lowest BCUT2D eigenvalue weighted by atomic mass is 10.1. The highest BCUT2D eigenvalue weighted by Crippen LogP contribution is 2.35. The van der Waals surface area contributed by atoms with Gasteiger partial charge in [-0.1, -0.05) is 101 Å². The predicted molar refractivity (Wildman–Crippen MR) is 91.6 cm³/mol. The zero-order valence-corrected chi connectivity index (χ0v) is 14.7. The molecule has 0 aromatic heterocycles. The third kappa shape index (κ3) is 13.1. The normalized spacial score (nSPS) is 14.7. The molecule has 0 aliphatic heterocycles. The van der Waals surface area contributed by atoms with Crippen molar-refractivity contribution >= 4 is 21.6 Å². The van der Waals surface area contributed by atoms with Crippen molar-refractivity contribution < 1.29 is 0 Å². The Hall–Kier alpha value is 0.700. The van der Waals surface area contributed by atoms with E-state index in [2.05, 4.69) is 49.3 Å². The van der Waals surface area contributed by atoms with Crippen LogP contribution in [0.15, 0.2) is 0 Å². The van der Waals surface area contributed by atoms with Gasteiger partial charge in [0.15, 0.2) is 0 Å². The van der Waals surface area contributed by atoms with Crippen molar-refractivity contribution in [2.45, 2.75) is 102 Å². The molecule has 0 saturated heterocycles. The summed E-state index contributed by atoms with van der Waals surface area (Å²) in [5, 5.41) is 1.68. The molecule has 0 spiro atoms. The Labute approximate surface area is 124 Å². The number of hydrogen-bond donors (Lipinski definition) is 0. The predicted octanol–water partition coefficient (Wildman–Crippen LogP) is 7.09. The van der Waals surface area contributed by atoms with Gasteiger partial charge in [0.25, 0.3) is 0 Å². The molecule has 2 atom stereocenters. The minimum absolute atomic E-state index is 0.838. The van der Waals surface area contributed by atoms with Crippen molar-refractivity contribution in [1.29, 1.82) is 0 Å². The van der Waals surface area contributed by atoms with Crippen LogP contribution in [-0.4, -0.2) is 10.5 Å². The van der Waals surface area contributed by atoms with Gasteiger partial charge in [-0.05, 0) is 12.8 Å².